The van der Waals surface area contributed by atoms with Crippen molar-refractivity contribution in [2.24, 2.45) is 0 Å². The van der Waals surface area contributed by atoms with E-state index in [0.29, 0.717) is 5.52 Å². The molecule has 0 radical (unpaired) electrons. The van der Waals surface area contributed by atoms with E-state index in [1.165, 1.54) is 30.5 Å². The molecule has 2 N–H and O–H groups in total. The van der Waals surface area contributed by atoms with Crippen LogP contribution < -0.4 is 5.32 Å². The molecule has 13 heteroatoms. The Hall–Kier alpha value is -3.58. The molecule has 3 heterocycles. The minimum absolute atomic E-state index is 0.00442. The van der Waals surface area contributed by atoms with Gasteiger partial charge in [-0.1, -0.05) is 0 Å². The summed E-state index contributed by atoms with van der Waals surface area (Å²) in [5, 5.41) is 18.2. The summed E-state index contributed by atoms with van der Waals surface area (Å²) in [6.07, 6.45) is -2.86. The van der Waals surface area contributed by atoms with E-state index in [2.05, 4.69) is 15.4 Å². The molecule has 1 fully saturated rings. The van der Waals surface area contributed by atoms with Gasteiger partial charge in [0.25, 0.3) is 5.79 Å². The molecule has 32 heavy (non-hydrogen) atoms. The average Bonchev–Trinajstić information content (AvgIpc) is 3.22. The first-order valence-electron chi connectivity index (χ1n) is 9.51. The van der Waals surface area contributed by atoms with Crippen molar-refractivity contribution < 1.29 is 43.2 Å². The standard InChI is InChI=1S/C19H22N4O9/c1-9(24)22-18-13-5-6-15(23(13)21-8-20-18)19(28)17(31-12(4)27)16(30-11(3)26)14(32-19)7-29-10(2)25/h5-6,8,14,16-17,28H,7H2,1-4H3,(H,20,21,22,24)/t14?,16-,17-,19?/m1/s1. The number of hydrogen-bond acceptors (Lipinski definition) is 11. The van der Waals surface area contributed by atoms with Crippen LogP contribution in [0.25, 0.3) is 5.52 Å². The molecule has 172 valence electrons. The molecule has 1 aliphatic heterocycles. The third-order valence-electron chi connectivity index (χ3n) is 4.54. The summed E-state index contributed by atoms with van der Waals surface area (Å²) in [6.45, 7) is 4.33. The van der Waals surface area contributed by atoms with Gasteiger partial charge >= 0.3 is 17.9 Å². The number of fused-ring (bicyclic) bond motifs is 1. The van der Waals surface area contributed by atoms with Crippen LogP contribution in [0.15, 0.2) is 18.5 Å². The fourth-order valence-electron chi connectivity index (χ4n) is 3.44. The number of nitrogens with zero attached hydrogens (tertiary/aromatic N) is 3. The molecule has 0 aliphatic carbocycles. The third kappa shape index (κ3) is 4.53. The lowest BCUT2D eigenvalue weighted by Gasteiger charge is -2.29. The van der Waals surface area contributed by atoms with Gasteiger partial charge in [-0.05, 0) is 12.1 Å². The van der Waals surface area contributed by atoms with Gasteiger partial charge in [-0.2, -0.15) is 5.10 Å². The van der Waals surface area contributed by atoms with Gasteiger partial charge < -0.3 is 29.4 Å². The van der Waals surface area contributed by atoms with Crippen molar-refractivity contribution in [2.75, 3.05) is 11.9 Å². The van der Waals surface area contributed by atoms with Gasteiger partial charge in [0, 0.05) is 27.7 Å². The molecular formula is C19H22N4O9. The van der Waals surface area contributed by atoms with Gasteiger partial charge in [-0.15, -0.1) is 0 Å². The maximum atomic E-state index is 11.8. The number of ether oxygens (including phenoxy) is 4. The van der Waals surface area contributed by atoms with E-state index in [1.54, 1.807) is 0 Å². The van der Waals surface area contributed by atoms with E-state index >= 15 is 0 Å². The van der Waals surface area contributed by atoms with Gasteiger partial charge in [-0.3, -0.25) is 19.2 Å². The summed E-state index contributed by atoms with van der Waals surface area (Å²) in [5.41, 5.74) is 0.305. The van der Waals surface area contributed by atoms with Crippen LogP contribution in [0.5, 0.6) is 0 Å². The molecule has 0 bridgehead atoms. The number of aromatic nitrogens is 3. The Morgan fingerprint density at radius 3 is 2.41 bits per heavy atom. The maximum Gasteiger partial charge on any atom is 0.303 e. The molecule has 3 rings (SSSR count). The van der Waals surface area contributed by atoms with Crippen molar-refractivity contribution in [1.82, 2.24) is 14.6 Å². The van der Waals surface area contributed by atoms with Crippen molar-refractivity contribution in [2.45, 2.75) is 51.8 Å². The highest BCUT2D eigenvalue weighted by Crippen LogP contribution is 2.42. The van der Waals surface area contributed by atoms with Crippen LogP contribution in [0.3, 0.4) is 0 Å². The molecule has 4 atom stereocenters. The first-order chi connectivity index (χ1) is 15.0. The Balaban J connectivity index is 2.11. The summed E-state index contributed by atoms with van der Waals surface area (Å²) in [5.74, 6) is -4.71. The van der Waals surface area contributed by atoms with E-state index in [9.17, 15) is 24.3 Å². The van der Waals surface area contributed by atoms with Gasteiger partial charge in [0.05, 0.1) is 0 Å². The second-order valence-electron chi connectivity index (χ2n) is 7.06. The van der Waals surface area contributed by atoms with Crippen LogP contribution >= 0.6 is 0 Å². The Labute approximate surface area is 181 Å². The lowest BCUT2D eigenvalue weighted by Crippen LogP contribution is -2.46. The molecule has 0 saturated carbocycles. The number of carbonyl (C=O) groups is 4. The van der Waals surface area contributed by atoms with E-state index in [4.69, 9.17) is 18.9 Å². The van der Waals surface area contributed by atoms with Crippen molar-refractivity contribution in [1.29, 1.82) is 0 Å². The molecule has 1 saturated heterocycles. The van der Waals surface area contributed by atoms with Crippen LogP contribution in [-0.4, -0.2) is 68.4 Å². The fourth-order valence-corrected chi connectivity index (χ4v) is 3.44. The van der Waals surface area contributed by atoms with Gasteiger partial charge in [0.15, 0.2) is 11.9 Å². The fraction of sp³-hybridized carbons (Fsp3) is 0.474. The van der Waals surface area contributed by atoms with Gasteiger partial charge in [0.2, 0.25) is 12.0 Å². The molecule has 0 spiro atoms. The van der Waals surface area contributed by atoms with Gasteiger partial charge in [0.1, 0.15) is 30.2 Å². The topological polar surface area (TPSA) is 168 Å². The monoisotopic (exact) mass is 450 g/mol. The summed E-state index contributed by atoms with van der Waals surface area (Å²) in [7, 11) is 0. The second kappa shape index (κ2) is 8.88. The normalized spacial score (nSPS) is 24.7. The quantitative estimate of drug-likeness (QED) is 0.436. The molecule has 2 aromatic rings. The van der Waals surface area contributed by atoms with Crippen molar-refractivity contribution in [3.8, 4) is 0 Å². The smallest absolute Gasteiger partial charge is 0.303 e. The highest BCUT2D eigenvalue weighted by atomic mass is 16.7. The number of esters is 3. The number of anilines is 1. The number of amides is 1. The molecular weight excluding hydrogens is 428 g/mol. The average molecular weight is 450 g/mol. The molecule has 1 amide bonds. The Morgan fingerprint density at radius 2 is 1.81 bits per heavy atom. The lowest BCUT2D eigenvalue weighted by atomic mass is 10.0. The zero-order valence-electron chi connectivity index (χ0n) is 17.7. The SMILES string of the molecule is CC(=O)Nc1ncnn2c(C3(O)OC(COC(C)=O)[C@@H](OC(C)=O)[C@H]3OC(C)=O)ccc12. The van der Waals surface area contributed by atoms with Crippen molar-refractivity contribution in [3.63, 3.8) is 0 Å². The summed E-state index contributed by atoms with van der Waals surface area (Å²) < 4.78 is 22.5. The molecule has 1 aliphatic rings. The van der Waals surface area contributed by atoms with E-state index in [1.807, 2.05) is 0 Å². The minimum atomic E-state index is -2.36. The Morgan fingerprint density at radius 1 is 1.12 bits per heavy atom. The Bertz CT molecular complexity index is 1070. The van der Waals surface area contributed by atoms with Crippen LogP contribution in [-0.2, 0) is 43.9 Å². The zero-order valence-corrected chi connectivity index (χ0v) is 17.7. The predicted molar refractivity (Wildman–Crippen MR) is 104 cm³/mol. The van der Waals surface area contributed by atoms with Crippen LogP contribution in [0, 0.1) is 0 Å². The largest absolute Gasteiger partial charge is 0.463 e. The summed E-state index contributed by atoms with van der Waals surface area (Å²) in [4.78, 5) is 50.3. The number of nitrogens with one attached hydrogen (secondary N) is 1. The Kier molecular flexibility index (Phi) is 6.41. The number of aliphatic hydroxyl groups is 1. The maximum absolute atomic E-state index is 11.8. The van der Waals surface area contributed by atoms with Crippen LogP contribution in [0.1, 0.15) is 33.4 Å². The molecule has 0 aromatic carbocycles. The number of carbonyl (C=O) groups excluding carboxylic acids is 4. The van der Waals surface area contributed by atoms with Crippen LogP contribution in [0.2, 0.25) is 0 Å². The van der Waals surface area contributed by atoms with Crippen molar-refractivity contribution >= 4 is 35.1 Å². The van der Waals surface area contributed by atoms with Crippen LogP contribution in [0.4, 0.5) is 5.82 Å². The van der Waals surface area contributed by atoms with E-state index in [-0.39, 0.29) is 24.0 Å². The highest BCUT2D eigenvalue weighted by Gasteiger charge is 2.61. The predicted octanol–water partition coefficient (Wildman–Crippen LogP) is -0.342. The first-order valence-corrected chi connectivity index (χ1v) is 9.51. The van der Waals surface area contributed by atoms with Gasteiger partial charge in [-0.25, -0.2) is 9.50 Å². The third-order valence-corrected chi connectivity index (χ3v) is 4.54. The van der Waals surface area contributed by atoms with E-state index < -0.39 is 42.0 Å². The molecule has 2 aromatic heterocycles. The van der Waals surface area contributed by atoms with E-state index in [0.717, 1.165) is 20.2 Å². The highest BCUT2D eigenvalue weighted by molar-refractivity contribution is 5.91. The second-order valence-corrected chi connectivity index (χ2v) is 7.06. The molecule has 2 unspecified atom stereocenters. The number of rotatable bonds is 6. The molecule has 13 nitrogen and oxygen atoms in total. The summed E-state index contributed by atoms with van der Waals surface area (Å²) in [6, 6.07) is 2.93. The summed E-state index contributed by atoms with van der Waals surface area (Å²) >= 11 is 0. The van der Waals surface area contributed by atoms with Crippen molar-refractivity contribution in [3.05, 3.63) is 24.2 Å². The first kappa shape index (κ1) is 23.1. The minimum Gasteiger partial charge on any atom is -0.463 e. The lowest BCUT2D eigenvalue weighted by molar-refractivity contribution is -0.249. The number of hydrogen-bond donors (Lipinski definition) is 2. The zero-order chi connectivity index (χ0) is 23.6.